The predicted octanol–water partition coefficient (Wildman–Crippen LogP) is 3.35. The molecule has 0 N–H and O–H groups in total. The van der Waals surface area contributed by atoms with Crippen LogP contribution in [0.4, 0.5) is 0 Å². The van der Waals surface area contributed by atoms with E-state index in [-0.39, 0.29) is 5.38 Å². The zero-order valence-corrected chi connectivity index (χ0v) is 8.07. The molecule has 0 spiro atoms. The van der Waals surface area contributed by atoms with Crippen molar-refractivity contribution >= 4 is 23.2 Å². The highest BCUT2D eigenvalue weighted by Crippen LogP contribution is 2.35. The lowest BCUT2D eigenvalue weighted by atomic mass is 9.96. The number of halogens is 2. The van der Waals surface area contributed by atoms with Gasteiger partial charge in [0.2, 0.25) is 0 Å². The number of pyridine rings is 1. The van der Waals surface area contributed by atoms with Gasteiger partial charge < -0.3 is 0 Å². The summed E-state index contributed by atoms with van der Waals surface area (Å²) in [5.41, 5.74) is 2.13. The molecule has 1 aromatic heterocycles. The van der Waals surface area contributed by atoms with Crippen LogP contribution in [-0.2, 0) is 6.42 Å². The van der Waals surface area contributed by atoms with Gasteiger partial charge in [0.25, 0.3) is 0 Å². The van der Waals surface area contributed by atoms with Gasteiger partial charge >= 0.3 is 0 Å². The third-order valence-electron chi connectivity index (χ3n) is 2.21. The molecule has 1 aliphatic carbocycles. The Bertz CT molecular complexity index is 299. The van der Waals surface area contributed by atoms with Crippen molar-refractivity contribution < 1.29 is 0 Å². The molecular formula is C9H9Cl2N. The highest BCUT2D eigenvalue weighted by Gasteiger charge is 2.20. The molecule has 1 aliphatic rings. The quantitative estimate of drug-likeness (QED) is 0.588. The molecule has 0 saturated carbocycles. The van der Waals surface area contributed by atoms with Crippen LogP contribution < -0.4 is 0 Å². The van der Waals surface area contributed by atoms with Gasteiger partial charge in [-0.15, -0.1) is 11.6 Å². The molecule has 12 heavy (non-hydrogen) atoms. The van der Waals surface area contributed by atoms with E-state index < -0.39 is 0 Å². The fourth-order valence-electron chi connectivity index (χ4n) is 1.60. The minimum atomic E-state index is 0.0625. The number of fused-ring (bicyclic) bond motifs is 1. The van der Waals surface area contributed by atoms with Crippen molar-refractivity contribution in [2.24, 2.45) is 0 Å². The smallest absolute Gasteiger partial charge is 0.0760 e. The molecule has 2 rings (SSSR count). The molecule has 0 radical (unpaired) electrons. The standard InChI is InChI=1S/C9H9Cl2N/c10-7-4-5-12-9-6(7)2-1-3-8(9)11/h4-5,8H,1-3H2/t8-/m1/s1. The van der Waals surface area contributed by atoms with E-state index in [9.17, 15) is 0 Å². The average Bonchev–Trinajstić information content (AvgIpc) is 2.07. The van der Waals surface area contributed by atoms with Gasteiger partial charge in [0.05, 0.1) is 11.1 Å². The van der Waals surface area contributed by atoms with Gasteiger partial charge in [-0.25, -0.2) is 0 Å². The highest BCUT2D eigenvalue weighted by atomic mass is 35.5. The van der Waals surface area contributed by atoms with E-state index in [0.717, 1.165) is 35.5 Å². The second-order valence-electron chi connectivity index (χ2n) is 3.02. The van der Waals surface area contributed by atoms with Gasteiger partial charge in [-0.3, -0.25) is 4.98 Å². The molecule has 0 aliphatic heterocycles. The molecule has 0 saturated heterocycles. The van der Waals surface area contributed by atoms with E-state index in [1.54, 1.807) is 6.20 Å². The third kappa shape index (κ3) is 1.32. The van der Waals surface area contributed by atoms with Crippen LogP contribution in [-0.4, -0.2) is 4.98 Å². The minimum Gasteiger partial charge on any atom is -0.259 e. The summed E-state index contributed by atoms with van der Waals surface area (Å²) in [6.45, 7) is 0. The summed E-state index contributed by atoms with van der Waals surface area (Å²) in [5, 5.41) is 0.873. The zero-order valence-electron chi connectivity index (χ0n) is 6.56. The van der Waals surface area contributed by atoms with Crippen LogP contribution in [0.15, 0.2) is 12.3 Å². The Morgan fingerprint density at radius 3 is 3.08 bits per heavy atom. The third-order valence-corrected chi connectivity index (χ3v) is 2.99. The summed E-state index contributed by atoms with van der Waals surface area (Å²) in [6.07, 6.45) is 4.88. The van der Waals surface area contributed by atoms with Gasteiger partial charge in [0, 0.05) is 11.2 Å². The lowest BCUT2D eigenvalue weighted by Gasteiger charge is -2.19. The van der Waals surface area contributed by atoms with Crippen LogP contribution in [0.3, 0.4) is 0 Å². The van der Waals surface area contributed by atoms with Gasteiger partial charge in [0.15, 0.2) is 0 Å². The van der Waals surface area contributed by atoms with Crippen LogP contribution in [0.1, 0.15) is 29.5 Å². The molecule has 1 aromatic rings. The summed E-state index contributed by atoms with van der Waals surface area (Å²) in [4.78, 5) is 4.24. The molecule has 1 heterocycles. The van der Waals surface area contributed by atoms with E-state index in [1.165, 1.54) is 0 Å². The van der Waals surface area contributed by atoms with E-state index in [0.29, 0.717) is 0 Å². The summed E-state index contributed by atoms with van der Waals surface area (Å²) < 4.78 is 0. The topological polar surface area (TPSA) is 12.9 Å². The Balaban J connectivity index is 2.52. The second-order valence-corrected chi connectivity index (χ2v) is 3.95. The molecule has 64 valence electrons. The first kappa shape index (κ1) is 8.33. The van der Waals surface area contributed by atoms with Gasteiger partial charge in [0.1, 0.15) is 0 Å². The highest BCUT2D eigenvalue weighted by molar-refractivity contribution is 6.31. The fourth-order valence-corrected chi connectivity index (χ4v) is 2.19. The van der Waals surface area contributed by atoms with Crippen LogP contribution in [0.25, 0.3) is 0 Å². The number of alkyl halides is 1. The Morgan fingerprint density at radius 1 is 1.50 bits per heavy atom. The van der Waals surface area contributed by atoms with Gasteiger partial charge in [-0.1, -0.05) is 11.6 Å². The average molecular weight is 202 g/mol. The molecule has 0 amide bonds. The van der Waals surface area contributed by atoms with Crippen LogP contribution in [0.2, 0.25) is 5.02 Å². The summed E-state index contributed by atoms with van der Waals surface area (Å²) in [5.74, 6) is 0. The van der Waals surface area contributed by atoms with Crippen molar-refractivity contribution in [3.8, 4) is 0 Å². The minimum absolute atomic E-state index is 0.0625. The summed E-state index contributed by atoms with van der Waals surface area (Å²) in [6, 6.07) is 1.83. The van der Waals surface area contributed by atoms with Crippen molar-refractivity contribution in [1.82, 2.24) is 4.98 Å². The molecule has 0 aromatic carbocycles. The number of aromatic nitrogens is 1. The lowest BCUT2D eigenvalue weighted by molar-refractivity contribution is 0.650. The molecule has 1 nitrogen and oxygen atoms in total. The molecule has 3 heteroatoms. The summed E-state index contributed by atoms with van der Waals surface area (Å²) in [7, 11) is 0. The second kappa shape index (κ2) is 3.23. The van der Waals surface area contributed by atoms with E-state index in [4.69, 9.17) is 23.2 Å². The van der Waals surface area contributed by atoms with E-state index >= 15 is 0 Å². The monoisotopic (exact) mass is 201 g/mol. The SMILES string of the molecule is Clc1ccnc2c1CCC[C@H]2Cl. The Morgan fingerprint density at radius 2 is 2.33 bits per heavy atom. The van der Waals surface area contributed by atoms with Gasteiger partial charge in [-0.05, 0) is 30.9 Å². The Hall–Kier alpha value is -0.270. The van der Waals surface area contributed by atoms with Crippen molar-refractivity contribution in [3.63, 3.8) is 0 Å². The van der Waals surface area contributed by atoms with E-state index in [1.807, 2.05) is 6.07 Å². The molecule has 0 fully saturated rings. The van der Waals surface area contributed by atoms with Crippen molar-refractivity contribution in [2.75, 3.05) is 0 Å². The molecule has 1 atom stereocenters. The first-order valence-corrected chi connectivity index (χ1v) is 4.88. The predicted molar refractivity (Wildman–Crippen MR) is 50.8 cm³/mol. The number of hydrogen-bond acceptors (Lipinski definition) is 1. The Kier molecular flexibility index (Phi) is 2.24. The number of rotatable bonds is 0. The fraction of sp³-hybridized carbons (Fsp3) is 0.444. The van der Waals surface area contributed by atoms with Crippen LogP contribution >= 0.6 is 23.2 Å². The van der Waals surface area contributed by atoms with E-state index in [2.05, 4.69) is 4.98 Å². The van der Waals surface area contributed by atoms with Gasteiger partial charge in [-0.2, -0.15) is 0 Å². The zero-order chi connectivity index (χ0) is 8.55. The number of nitrogens with zero attached hydrogens (tertiary/aromatic N) is 1. The molecule has 0 unspecified atom stereocenters. The van der Waals surface area contributed by atoms with Crippen molar-refractivity contribution in [1.29, 1.82) is 0 Å². The molecule has 0 bridgehead atoms. The first-order valence-electron chi connectivity index (χ1n) is 4.06. The maximum absolute atomic E-state index is 6.10. The van der Waals surface area contributed by atoms with Crippen LogP contribution in [0.5, 0.6) is 0 Å². The number of hydrogen-bond donors (Lipinski definition) is 0. The maximum Gasteiger partial charge on any atom is 0.0760 e. The van der Waals surface area contributed by atoms with Crippen LogP contribution in [0, 0.1) is 0 Å². The first-order chi connectivity index (χ1) is 5.79. The lowest BCUT2D eigenvalue weighted by Crippen LogP contribution is -2.07. The molecular weight excluding hydrogens is 193 g/mol. The van der Waals surface area contributed by atoms with Crippen molar-refractivity contribution in [3.05, 3.63) is 28.5 Å². The summed E-state index contributed by atoms with van der Waals surface area (Å²) >= 11 is 12.1. The largest absolute Gasteiger partial charge is 0.259 e. The maximum atomic E-state index is 6.10. The Labute approximate surface area is 81.7 Å². The normalized spacial score (nSPS) is 22.0. The van der Waals surface area contributed by atoms with Crippen molar-refractivity contribution in [2.45, 2.75) is 24.6 Å².